The number of aromatic amines is 1. The number of piperazine rings is 1. The van der Waals surface area contributed by atoms with Gasteiger partial charge in [0.15, 0.2) is 11.3 Å². The van der Waals surface area contributed by atoms with Crippen molar-refractivity contribution in [3.8, 4) is 5.75 Å². The van der Waals surface area contributed by atoms with Gasteiger partial charge in [0.2, 0.25) is 11.9 Å². The molecule has 10 nitrogen and oxygen atoms in total. The summed E-state index contributed by atoms with van der Waals surface area (Å²) in [6.45, 7) is 3.89. The topological polar surface area (TPSA) is 114 Å². The fourth-order valence-electron chi connectivity index (χ4n) is 3.31. The van der Waals surface area contributed by atoms with E-state index in [1.54, 1.807) is 16.9 Å². The quantitative estimate of drug-likeness (QED) is 0.517. The Morgan fingerprint density at radius 1 is 1.21 bits per heavy atom. The van der Waals surface area contributed by atoms with Gasteiger partial charge in [-0.25, -0.2) is 15.1 Å². The fourth-order valence-corrected chi connectivity index (χ4v) is 3.41. The van der Waals surface area contributed by atoms with Crippen LogP contribution in [0.1, 0.15) is 25.3 Å². The summed E-state index contributed by atoms with van der Waals surface area (Å²) in [6, 6.07) is 0. The number of halogens is 4. The first kappa shape index (κ1) is 25.7. The molecule has 0 spiro atoms. The van der Waals surface area contributed by atoms with Crippen LogP contribution in [0.15, 0.2) is 23.4 Å². The van der Waals surface area contributed by atoms with Crippen molar-refractivity contribution >= 4 is 23.5 Å². The van der Waals surface area contributed by atoms with Gasteiger partial charge in [-0.2, -0.15) is 18.3 Å². The molecule has 1 aliphatic heterocycles. The first-order valence-electron chi connectivity index (χ1n) is 10.6. The second kappa shape index (κ2) is 11.5. The van der Waals surface area contributed by atoms with Gasteiger partial charge in [-0.1, -0.05) is 18.5 Å². The summed E-state index contributed by atoms with van der Waals surface area (Å²) >= 11 is 5.80. The molecule has 1 unspecified atom stereocenters. The SMILES string of the molecule is CCC(COCCC(=O)N1CCN(c2ncc(Cl)cn2)CC1)Oc1cn[nH]c(=O)c1C(F)(F)F. The number of nitrogens with zero attached hydrogens (tertiary/aromatic N) is 5. The number of amides is 1. The molecule has 0 aliphatic carbocycles. The van der Waals surface area contributed by atoms with Crippen molar-refractivity contribution in [2.45, 2.75) is 32.0 Å². The lowest BCUT2D eigenvalue weighted by Gasteiger charge is -2.34. The van der Waals surface area contributed by atoms with Gasteiger partial charge >= 0.3 is 6.18 Å². The normalized spacial score (nSPS) is 15.3. The summed E-state index contributed by atoms with van der Waals surface area (Å²) in [5.41, 5.74) is -2.83. The number of carbonyl (C=O) groups is 1. The molecule has 0 saturated carbocycles. The molecule has 1 aliphatic rings. The summed E-state index contributed by atoms with van der Waals surface area (Å²) in [7, 11) is 0. The molecule has 1 N–H and O–H groups in total. The van der Waals surface area contributed by atoms with Crippen molar-refractivity contribution in [2.75, 3.05) is 44.3 Å². The molecule has 1 amide bonds. The van der Waals surface area contributed by atoms with Crippen LogP contribution in [0.5, 0.6) is 5.75 Å². The third-order valence-corrected chi connectivity index (χ3v) is 5.33. The van der Waals surface area contributed by atoms with Gasteiger partial charge in [-0.15, -0.1) is 0 Å². The van der Waals surface area contributed by atoms with Gasteiger partial charge in [0, 0.05) is 26.2 Å². The monoisotopic (exact) mass is 504 g/mol. The van der Waals surface area contributed by atoms with E-state index in [0.29, 0.717) is 43.6 Å². The highest BCUT2D eigenvalue weighted by molar-refractivity contribution is 6.30. The summed E-state index contributed by atoms with van der Waals surface area (Å²) < 4.78 is 50.3. The minimum Gasteiger partial charge on any atom is -0.485 e. The van der Waals surface area contributed by atoms with Gasteiger partial charge in [0.05, 0.1) is 43.2 Å². The van der Waals surface area contributed by atoms with E-state index >= 15 is 0 Å². The molecular formula is C20H24ClF3N6O4. The van der Waals surface area contributed by atoms with E-state index in [9.17, 15) is 22.8 Å². The van der Waals surface area contributed by atoms with Crippen LogP contribution in [0.25, 0.3) is 0 Å². The van der Waals surface area contributed by atoms with Crippen LogP contribution in [-0.4, -0.2) is 76.5 Å². The van der Waals surface area contributed by atoms with Crippen molar-refractivity contribution in [2.24, 2.45) is 0 Å². The third-order valence-electron chi connectivity index (χ3n) is 5.14. The first-order valence-corrected chi connectivity index (χ1v) is 11.0. The lowest BCUT2D eigenvalue weighted by atomic mass is 10.2. The Balaban J connectivity index is 1.42. The number of H-pyrrole nitrogens is 1. The van der Waals surface area contributed by atoms with Crippen molar-refractivity contribution in [3.63, 3.8) is 0 Å². The zero-order valence-electron chi connectivity index (χ0n) is 18.3. The number of carbonyl (C=O) groups excluding carboxylic acids is 1. The highest BCUT2D eigenvalue weighted by Gasteiger charge is 2.38. The standard InChI is InChI=1S/C20H24ClF3N6O4/c1-2-14(34-15-11-27-28-18(32)17(15)20(22,23)24)12-33-8-3-16(31)29-4-6-30(7-5-29)19-25-9-13(21)10-26-19/h9-11,14H,2-8,12H2,1H3,(H,28,32). The van der Waals surface area contributed by atoms with Crippen LogP contribution < -0.4 is 15.2 Å². The Bertz CT molecular complexity index is 1010. The van der Waals surface area contributed by atoms with Crippen LogP contribution in [0.4, 0.5) is 19.1 Å². The number of hydrogen-bond acceptors (Lipinski definition) is 8. The molecule has 186 valence electrons. The number of aromatic nitrogens is 4. The molecule has 14 heteroatoms. The molecule has 0 aromatic carbocycles. The second-order valence-corrected chi connectivity index (χ2v) is 7.91. The number of alkyl halides is 3. The van der Waals surface area contributed by atoms with Gasteiger partial charge in [-0.3, -0.25) is 9.59 Å². The molecule has 2 aromatic rings. The smallest absolute Gasteiger partial charge is 0.425 e. The Morgan fingerprint density at radius 2 is 1.88 bits per heavy atom. The van der Waals surface area contributed by atoms with E-state index in [1.807, 2.05) is 4.90 Å². The van der Waals surface area contributed by atoms with Crippen LogP contribution >= 0.6 is 11.6 Å². The largest absolute Gasteiger partial charge is 0.485 e. The maximum atomic E-state index is 13.2. The van der Waals surface area contributed by atoms with Crippen molar-refractivity contribution < 1.29 is 27.4 Å². The minimum absolute atomic E-state index is 0.0461. The van der Waals surface area contributed by atoms with Gasteiger partial charge in [-0.05, 0) is 6.42 Å². The molecule has 1 atom stereocenters. The zero-order valence-corrected chi connectivity index (χ0v) is 19.1. The maximum Gasteiger partial charge on any atom is 0.425 e. The number of nitrogens with one attached hydrogen (secondary N) is 1. The molecule has 0 bridgehead atoms. The molecule has 3 rings (SSSR count). The van der Waals surface area contributed by atoms with Crippen molar-refractivity contribution in [3.05, 3.63) is 39.5 Å². The average molecular weight is 505 g/mol. The van der Waals surface area contributed by atoms with Crippen molar-refractivity contribution in [1.82, 2.24) is 25.1 Å². The van der Waals surface area contributed by atoms with Crippen molar-refractivity contribution in [1.29, 1.82) is 0 Å². The Morgan fingerprint density at radius 3 is 2.50 bits per heavy atom. The summed E-state index contributed by atoms with van der Waals surface area (Å²) in [5.74, 6) is -0.205. The molecule has 2 aromatic heterocycles. The number of hydrogen-bond donors (Lipinski definition) is 1. The summed E-state index contributed by atoms with van der Waals surface area (Å²) in [6.07, 6.45) is -1.35. The van der Waals surface area contributed by atoms with Gasteiger partial charge < -0.3 is 19.3 Å². The predicted molar refractivity (Wildman–Crippen MR) is 116 cm³/mol. The van der Waals surface area contributed by atoms with E-state index in [2.05, 4.69) is 15.1 Å². The summed E-state index contributed by atoms with van der Waals surface area (Å²) in [5, 5.41) is 5.58. The highest BCUT2D eigenvalue weighted by Crippen LogP contribution is 2.33. The van der Waals surface area contributed by atoms with Gasteiger partial charge in [0.1, 0.15) is 6.10 Å². The first-order chi connectivity index (χ1) is 16.2. The molecule has 1 fully saturated rings. The molecule has 34 heavy (non-hydrogen) atoms. The van der Waals surface area contributed by atoms with Gasteiger partial charge in [0.25, 0.3) is 5.56 Å². The highest BCUT2D eigenvalue weighted by atomic mass is 35.5. The second-order valence-electron chi connectivity index (χ2n) is 7.48. The lowest BCUT2D eigenvalue weighted by Crippen LogP contribution is -2.49. The molecule has 0 radical (unpaired) electrons. The van der Waals surface area contributed by atoms with E-state index in [1.165, 1.54) is 12.4 Å². The Labute approximate surface area is 198 Å². The molecule has 1 saturated heterocycles. The van der Waals surface area contributed by atoms with E-state index < -0.39 is 29.2 Å². The Kier molecular flexibility index (Phi) is 8.67. The van der Waals surface area contributed by atoms with E-state index in [-0.39, 0.29) is 25.5 Å². The van der Waals surface area contributed by atoms with Crippen LogP contribution in [0.3, 0.4) is 0 Å². The molecular weight excluding hydrogens is 481 g/mol. The fraction of sp³-hybridized carbons (Fsp3) is 0.550. The lowest BCUT2D eigenvalue weighted by molar-refractivity contribution is -0.141. The Hall–Kier alpha value is -2.93. The maximum absolute atomic E-state index is 13.2. The van der Waals surface area contributed by atoms with Crippen LogP contribution in [-0.2, 0) is 15.7 Å². The minimum atomic E-state index is -4.89. The number of rotatable bonds is 9. The van der Waals surface area contributed by atoms with Crippen LogP contribution in [0, 0.1) is 0 Å². The number of anilines is 1. The summed E-state index contributed by atoms with van der Waals surface area (Å²) in [4.78, 5) is 36.0. The third kappa shape index (κ3) is 6.79. The van der Waals surface area contributed by atoms with E-state index in [0.717, 1.165) is 6.20 Å². The van der Waals surface area contributed by atoms with E-state index in [4.69, 9.17) is 21.1 Å². The molecule has 3 heterocycles. The average Bonchev–Trinajstić information content (AvgIpc) is 2.80. The zero-order chi connectivity index (χ0) is 24.7. The predicted octanol–water partition coefficient (Wildman–Crippen LogP) is 2.14. The number of ether oxygens (including phenoxy) is 2. The van der Waals surface area contributed by atoms with Crippen LogP contribution in [0.2, 0.25) is 5.02 Å².